The average molecular weight is 476 g/mol. The summed E-state index contributed by atoms with van der Waals surface area (Å²) >= 11 is 0.987. The number of halogens is 4. The summed E-state index contributed by atoms with van der Waals surface area (Å²) in [4.78, 5) is 7.95. The van der Waals surface area contributed by atoms with Gasteiger partial charge in [0.05, 0.1) is 6.54 Å². The van der Waals surface area contributed by atoms with Crippen molar-refractivity contribution in [2.75, 3.05) is 13.1 Å². The smallest absolute Gasteiger partial charge is 0.357 e. The molecule has 1 fully saturated rings. The Hall–Kier alpha value is -0.580. The molecular weight excluding hydrogens is 452 g/mol. The molecule has 9 heteroatoms. The number of aliphatic imine (C=N–C) groups is 1. The summed E-state index contributed by atoms with van der Waals surface area (Å²) in [5.74, 6) is 0.635. The van der Waals surface area contributed by atoms with E-state index in [1.54, 1.807) is 0 Å². The van der Waals surface area contributed by atoms with E-state index in [1.165, 1.54) is 19.3 Å². The van der Waals surface area contributed by atoms with E-state index in [0.29, 0.717) is 22.9 Å². The average Bonchev–Trinajstić information content (AvgIpc) is 2.93. The molecule has 138 valence electrons. The van der Waals surface area contributed by atoms with Crippen LogP contribution < -0.4 is 10.6 Å². The fourth-order valence-electron chi connectivity index (χ4n) is 2.61. The summed E-state index contributed by atoms with van der Waals surface area (Å²) in [6, 6.07) is 0. The number of thiazole rings is 1. The maximum Gasteiger partial charge on any atom is 0.434 e. The lowest BCUT2D eigenvalue weighted by Gasteiger charge is -2.41. The van der Waals surface area contributed by atoms with E-state index in [0.717, 1.165) is 29.7 Å². The van der Waals surface area contributed by atoms with E-state index in [9.17, 15) is 13.2 Å². The molecule has 2 N–H and O–H groups in total. The summed E-state index contributed by atoms with van der Waals surface area (Å²) in [5.41, 5.74) is -0.494. The van der Waals surface area contributed by atoms with Crippen molar-refractivity contribution in [2.24, 2.45) is 10.4 Å². The highest BCUT2D eigenvalue weighted by Crippen LogP contribution is 2.43. The fourth-order valence-corrected chi connectivity index (χ4v) is 3.33. The number of guanidine groups is 1. The predicted octanol–water partition coefficient (Wildman–Crippen LogP) is 4.42. The first-order chi connectivity index (χ1) is 10.9. The molecule has 0 radical (unpaired) electrons. The molecule has 0 atom stereocenters. The van der Waals surface area contributed by atoms with Crippen LogP contribution in [-0.2, 0) is 12.7 Å². The van der Waals surface area contributed by atoms with E-state index < -0.39 is 11.9 Å². The molecule has 0 unspecified atom stereocenters. The zero-order valence-corrected chi connectivity index (χ0v) is 17.0. The minimum atomic E-state index is -4.39. The summed E-state index contributed by atoms with van der Waals surface area (Å²) in [6.45, 7) is 5.85. The minimum absolute atomic E-state index is 0. The van der Waals surface area contributed by atoms with Gasteiger partial charge in [0.25, 0.3) is 0 Å². The number of nitrogens with one attached hydrogen (secondary N) is 2. The second-order valence-corrected chi connectivity index (χ2v) is 6.82. The Labute approximate surface area is 161 Å². The van der Waals surface area contributed by atoms with Crippen LogP contribution in [-0.4, -0.2) is 24.0 Å². The van der Waals surface area contributed by atoms with Crippen molar-refractivity contribution in [3.63, 3.8) is 0 Å². The lowest BCUT2D eigenvalue weighted by Crippen LogP contribution is -2.46. The van der Waals surface area contributed by atoms with Crippen LogP contribution >= 0.6 is 35.3 Å². The summed E-state index contributed by atoms with van der Waals surface area (Å²) in [5, 5.41) is 7.84. The molecule has 0 bridgehead atoms. The van der Waals surface area contributed by atoms with Crippen molar-refractivity contribution < 1.29 is 13.2 Å². The summed E-state index contributed by atoms with van der Waals surface area (Å²) in [6.07, 6.45) is 0.441. The van der Waals surface area contributed by atoms with Crippen LogP contribution in [0, 0.1) is 5.41 Å². The van der Waals surface area contributed by atoms with Gasteiger partial charge in [-0.2, -0.15) is 13.2 Å². The Balaban J connectivity index is 0.00000288. The molecule has 1 aliphatic carbocycles. The van der Waals surface area contributed by atoms with E-state index in [1.807, 2.05) is 6.92 Å². The number of hydrogen-bond acceptors (Lipinski definition) is 3. The molecule has 1 aromatic heterocycles. The number of hydrogen-bond donors (Lipinski definition) is 2. The SMILES string of the molecule is CCNC(=NCc1nc(C(F)(F)F)cs1)NCC1(CC)CCC1.I. The minimum Gasteiger partial charge on any atom is -0.357 e. The molecule has 24 heavy (non-hydrogen) atoms. The van der Waals surface area contributed by atoms with Gasteiger partial charge in [-0.1, -0.05) is 13.3 Å². The molecule has 0 amide bonds. The van der Waals surface area contributed by atoms with Crippen LogP contribution in [0.3, 0.4) is 0 Å². The van der Waals surface area contributed by atoms with Gasteiger partial charge in [0.15, 0.2) is 11.7 Å². The Morgan fingerprint density at radius 2 is 2.04 bits per heavy atom. The first-order valence-corrected chi connectivity index (χ1v) is 8.80. The Bertz CT molecular complexity index is 536. The summed E-state index contributed by atoms with van der Waals surface area (Å²) in [7, 11) is 0. The van der Waals surface area contributed by atoms with Gasteiger partial charge in [-0.3, -0.25) is 0 Å². The van der Waals surface area contributed by atoms with Crippen molar-refractivity contribution in [1.29, 1.82) is 0 Å². The van der Waals surface area contributed by atoms with Crippen LogP contribution in [0.2, 0.25) is 0 Å². The predicted molar refractivity (Wildman–Crippen MR) is 102 cm³/mol. The number of rotatable bonds is 6. The molecule has 1 heterocycles. The molecule has 1 saturated carbocycles. The Morgan fingerprint density at radius 1 is 1.33 bits per heavy atom. The van der Waals surface area contributed by atoms with Gasteiger partial charge in [0, 0.05) is 18.5 Å². The lowest BCUT2D eigenvalue weighted by atomic mass is 9.67. The van der Waals surface area contributed by atoms with Crippen molar-refractivity contribution in [3.05, 3.63) is 16.1 Å². The second-order valence-electron chi connectivity index (χ2n) is 5.88. The van der Waals surface area contributed by atoms with Crippen molar-refractivity contribution >= 4 is 41.3 Å². The van der Waals surface area contributed by atoms with Crippen molar-refractivity contribution in [3.8, 4) is 0 Å². The monoisotopic (exact) mass is 476 g/mol. The van der Waals surface area contributed by atoms with E-state index in [2.05, 4.69) is 27.5 Å². The highest BCUT2D eigenvalue weighted by Gasteiger charge is 2.35. The van der Waals surface area contributed by atoms with Crippen molar-refractivity contribution in [2.45, 2.75) is 52.3 Å². The molecule has 1 aromatic rings. The molecular formula is C15H24F3IN4S. The fraction of sp³-hybridized carbons (Fsp3) is 0.733. The third-order valence-electron chi connectivity index (χ3n) is 4.35. The summed E-state index contributed by atoms with van der Waals surface area (Å²) < 4.78 is 37.6. The zero-order chi connectivity index (χ0) is 16.9. The highest BCUT2D eigenvalue weighted by atomic mass is 127. The maximum absolute atomic E-state index is 12.5. The van der Waals surface area contributed by atoms with Gasteiger partial charge in [0.1, 0.15) is 5.01 Å². The van der Waals surface area contributed by atoms with Gasteiger partial charge in [0.2, 0.25) is 0 Å². The van der Waals surface area contributed by atoms with Gasteiger partial charge in [-0.15, -0.1) is 35.3 Å². The normalized spacial score (nSPS) is 17.0. The highest BCUT2D eigenvalue weighted by molar-refractivity contribution is 14.0. The first kappa shape index (κ1) is 21.5. The van der Waals surface area contributed by atoms with Gasteiger partial charge >= 0.3 is 6.18 Å². The van der Waals surface area contributed by atoms with Crippen LogP contribution in [0.15, 0.2) is 10.4 Å². The van der Waals surface area contributed by atoms with Crippen LogP contribution in [0.4, 0.5) is 13.2 Å². The molecule has 4 nitrogen and oxygen atoms in total. The van der Waals surface area contributed by atoms with E-state index >= 15 is 0 Å². The molecule has 0 spiro atoms. The van der Waals surface area contributed by atoms with E-state index in [-0.39, 0.29) is 30.5 Å². The van der Waals surface area contributed by atoms with Gasteiger partial charge in [-0.05, 0) is 31.6 Å². The molecule has 2 rings (SSSR count). The molecule has 0 aliphatic heterocycles. The number of alkyl halides is 3. The quantitative estimate of drug-likeness (QED) is 0.363. The van der Waals surface area contributed by atoms with Gasteiger partial charge < -0.3 is 10.6 Å². The molecule has 0 aromatic carbocycles. The second kappa shape index (κ2) is 9.21. The van der Waals surface area contributed by atoms with Crippen LogP contribution in [0.1, 0.15) is 50.2 Å². The maximum atomic E-state index is 12.5. The van der Waals surface area contributed by atoms with Crippen LogP contribution in [0.25, 0.3) is 0 Å². The standard InChI is InChI=1S/C15H23F3N4S.HI/c1-3-14(6-5-7-14)10-21-13(19-4-2)20-8-12-22-11(9-23-12)15(16,17)18;/h9H,3-8,10H2,1-2H3,(H2,19,20,21);1H. The number of nitrogens with zero attached hydrogens (tertiary/aromatic N) is 2. The molecule has 1 aliphatic rings. The van der Waals surface area contributed by atoms with Crippen molar-refractivity contribution in [1.82, 2.24) is 15.6 Å². The Kier molecular flexibility index (Phi) is 8.24. The topological polar surface area (TPSA) is 49.3 Å². The Morgan fingerprint density at radius 3 is 2.50 bits per heavy atom. The largest absolute Gasteiger partial charge is 0.434 e. The van der Waals surface area contributed by atoms with Crippen LogP contribution in [0.5, 0.6) is 0 Å². The lowest BCUT2D eigenvalue weighted by molar-refractivity contribution is -0.140. The van der Waals surface area contributed by atoms with Gasteiger partial charge in [-0.25, -0.2) is 9.98 Å². The van der Waals surface area contributed by atoms with E-state index in [4.69, 9.17) is 0 Å². The third kappa shape index (κ3) is 5.75. The number of aromatic nitrogens is 1. The first-order valence-electron chi connectivity index (χ1n) is 7.92. The molecule has 0 saturated heterocycles. The third-order valence-corrected chi connectivity index (χ3v) is 5.19. The zero-order valence-electron chi connectivity index (χ0n) is 13.9.